The van der Waals surface area contributed by atoms with Crippen molar-refractivity contribution >= 4 is 33.5 Å². The van der Waals surface area contributed by atoms with E-state index in [1.54, 1.807) is 51.1 Å². The maximum atomic E-state index is 12.5. The third-order valence-corrected chi connectivity index (χ3v) is 4.13. The molecule has 2 rings (SSSR count). The lowest BCUT2D eigenvalue weighted by Gasteiger charge is -2.13. The summed E-state index contributed by atoms with van der Waals surface area (Å²) in [4.78, 5) is 24.2. The van der Waals surface area contributed by atoms with Gasteiger partial charge >= 0.3 is 5.97 Å². The highest BCUT2D eigenvalue weighted by Gasteiger charge is 2.17. The van der Waals surface area contributed by atoms with Gasteiger partial charge in [-0.05, 0) is 53.2 Å². The average Bonchev–Trinajstić information content (AvgIpc) is 2.64. The van der Waals surface area contributed by atoms with Crippen molar-refractivity contribution in [2.75, 3.05) is 11.9 Å². The van der Waals surface area contributed by atoms with Crippen molar-refractivity contribution in [3.8, 4) is 17.6 Å². The molecule has 0 saturated carbocycles. The quantitative estimate of drug-likeness (QED) is 0.536. The minimum atomic E-state index is -0.580. The van der Waals surface area contributed by atoms with E-state index < -0.39 is 5.97 Å². The van der Waals surface area contributed by atoms with Gasteiger partial charge in [0.25, 0.3) is 0 Å². The number of carbonyl (C=O) groups is 2. The summed E-state index contributed by atoms with van der Waals surface area (Å²) in [5.41, 5.74) is 1.30. The third kappa shape index (κ3) is 5.31. The highest BCUT2D eigenvalue weighted by atomic mass is 79.9. The maximum absolute atomic E-state index is 12.5. The number of hydrogen-bond acceptors (Lipinski definition) is 5. The molecule has 0 atom stereocenters. The van der Waals surface area contributed by atoms with Gasteiger partial charge in [-0.1, -0.05) is 13.8 Å². The Morgan fingerprint density at radius 1 is 1.22 bits per heavy atom. The summed E-state index contributed by atoms with van der Waals surface area (Å²) in [5, 5.41) is 11.8. The number of benzene rings is 2. The molecular weight excluding hydrogens is 412 g/mol. The molecule has 0 fully saturated rings. The smallest absolute Gasteiger partial charge is 0.343 e. The van der Waals surface area contributed by atoms with Gasteiger partial charge in [0.1, 0.15) is 0 Å². The Labute approximate surface area is 166 Å². The van der Waals surface area contributed by atoms with Crippen molar-refractivity contribution < 1.29 is 19.1 Å². The summed E-state index contributed by atoms with van der Waals surface area (Å²) in [7, 11) is 0. The van der Waals surface area contributed by atoms with Crippen molar-refractivity contribution in [1.82, 2.24) is 0 Å². The van der Waals surface area contributed by atoms with Gasteiger partial charge in [0, 0.05) is 17.7 Å². The predicted molar refractivity (Wildman–Crippen MR) is 105 cm³/mol. The van der Waals surface area contributed by atoms with Crippen molar-refractivity contribution in [3.63, 3.8) is 0 Å². The second-order valence-electron chi connectivity index (χ2n) is 5.94. The van der Waals surface area contributed by atoms with Crippen LogP contribution in [0.15, 0.2) is 40.9 Å². The van der Waals surface area contributed by atoms with Gasteiger partial charge in [0.2, 0.25) is 5.91 Å². The first-order chi connectivity index (χ1) is 12.8. The van der Waals surface area contributed by atoms with E-state index in [9.17, 15) is 9.59 Å². The number of ether oxygens (including phenoxy) is 2. The zero-order valence-corrected chi connectivity index (χ0v) is 16.8. The van der Waals surface area contributed by atoms with Gasteiger partial charge < -0.3 is 14.8 Å². The van der Waals surface area contributed by atoms with E-state index in [1.807, 2.05) is 6.07 Å². The molecule has 1 amide bonds. The van der Waals surface area contributed by atoms with Gasteiger partial charge in [-0.15, -0.1) is 0 Å². The predicted octanol–water partition coefficient (Wildman–Crippen LogP) is 4.53. The van der Waals surface area contributed by atoms with Crippen LogP contribution in [0.2, 0.25) is 0 Å². The number of amides is 1. The topological polar surface area (TPSA) is 88.4 Å². The van der Waals surface area contributed by atoms with E-state index in [0.717, 1.165) is 0 Å². The molecule has 0 radical (unpaired) electrons. The summed E-state index contributed by atoms with van der Waals surface area (Å²) >= 11 is 3.31. The first-order valence-electron chi connectivity index (χ1n) is 8.35. The molecule has 0 bridgehead atoms. The van der Waals surface area contributed by atoms with E-state index in [2.05, 4.69) is 21.2 Å². The van der Waals surface area contributed by atoms with E-state index in [-0.39, 0.29) is 17.6 Å². The second kappa shape index (κ2) is 9.19. The van der Waals surface area contributed by atoms with E-state index >= 15 is 0 Å². The van der Waals surface area contributed by atoms with Crippen LogP contribution in [0.5, 0.6) is 11.5 Å². The van der Waals surface area contributed by atoms with Crippen LogP contribution in [-0.2, 0) is 4.79 Å². The Morgan fingerprint density at radius 2 is 1.89 bits per heavy atom. The molecule has 0 aromatic heterocycles. The minimum absolute atomic E-state index is 0.104. The Kier molecular flexibility index (Phi) is 6.97. The standard InChI is InChI=1S/C20H19BrN2O4/c1-4-26-17-10-13(11-22)9-16(21)18(17)27-20(25)14-5-7-15(8-6-14)23-19(24)12(2)3/h5-10,12H,4H2,1-3H3,(H,23,24). The number of nitriles is 1. The molecule has 0 aliphatic rings. The number of rotatable bonds is 6. The lowest BCUT2D eigenvalue weighted by atomic mass is 10.1. The summed E-state index contributed by atoms with van der Waals surface area (Å²) in [5.74, 6) is -0.313. The van der Waals surface area contributed by atoms with Crippen LogP contribution < -0.4 is 14.8 Å². The first-order valence-corrected chi connectivity index (χ1v) is 9.14. The minimum Gasteiger partial charge on any atom is -0.490 e. The molecule has 7 heteroatoms. The van der Waals surface area contributed by atoms with Crippen LogP contribution >= 0.6 is 15.9 Å². The molecular formula is C20H19BrN2O4. The zero-order valence-electron chi connectivity index (χ0n) is 15.2. The molecule has 0 heterocycles. The largest absolute Gasteiger partial charge is 0.490 e. The Morgan fingerprint density at radius 3 is 2.44 bits per heavy atom. The van der Waals surface area contributed by atoms with Crippen molar-refractivity contribution in [2.45, 2.75) is 20.8 Å². The zero-order chi connectivity index (χ0) is 20.0. The first kappa shape index (κ1) is 20.5. The molecule has 27 heavy (non-hydrogen) atoms. The Hall–Kier alpha value is -2.85. The number of carbonyl (C=O) groups excluding carboxylic acids is 2. The van der Waals surface area contributed by atoms with Crippen molar-refractivity contribution in [2.24, 2.45) is 5.92 Å². The molecule has 0 aliphatic heterocycles. The van der Waals surface area contributed by atoms with E-state index in [1.165, 1.54) is 6.07 Å². The van der Waals surface area contributed by atoms with Crippen LogP contribution in [0.25, 0.3) is 0 Å². The van der Waals surface area contributed by atoms with Gasteiger partial charge in [-0.3, -0.25) is 4.79 Å². The number of nitrogens with zero attached hydrogens (tertiary/aromatic N) is 1. The summed E-state index contributed by atoms with van der Waals surface area (Å²) in [6.45, 7) is 5.75. The average molecular weight is 431 g/mol. The summed E-state index contributed by atoms with van der Waals surface area (Å²) in [6, 6.07) is 11.5. The highest BCUT2D eigenvalue weighted by Crippen LogP contribution is 2.37. The molecule has 140 valence electrons. The Bertz CT molecular complexity index is 886. The van der Waals surface area contributed by atoms with Crippen LogP contribution in [0, 0.1) is 17.2 Å². The molecule has 0 spiro atoms. The number of nitrogens with one attached hydrogen (secondary N) is 1. The van der Waals surface area contributed by atoms with Crippen molar-refractivity contribution in [3.05, 3.63) is 52.0 Å². The normalized spacial score (nSPS) is 10.2. The molecule has 0 saturated heterocycles. The summed E-state index contributed by atoms with van der Waals surface area (Å²) in [6.07, 6.45) is 0. The van der Waals surface area contributed by atoms with E-state index in [4.69, 9.17) is 14.7 Å². The van der Waals surface area contributed by atoms with Gasteiger partial charge in [-0.2, -0.15) is 5.26 Å². The van der Waals surface area contributed by atoms with E-state index in [0.29, 0.717) is 33.6 Å². The summed E-state index contributed by atoms with van der Waals surface area (Å²) < 4.78 is 11.4. The van der Waals surface area contributed by atoms with Crippen molar-refractivity contribution in [1.29, 1.82) is 5.26 Å². The SMILES string of the molecule is CCOc1cc(C#N)cc(Br)c1OC(=O)c1ccc(NC(=O)C(C)C)cc1. The Balaban J connectivity index is 2.20. The fourth-order valence-corrected chi connectivity index (χ4v) is 2.65. The fourth-order valence-electron chi connectivity index (χ4n) is 2.12. The lowest BCUT2D eigenvalue weighted by molar-refractivity contribution is -0.118. The highest BCUT2D eigenvalue weighted by molar-refractivity contribution is 9.10. The molecule has 6 nitrogen and oxygen atoms in total. The monoisotopic (exact) mass is 430 g/mol. The molecule has 0 aliphatic carbocycles. The number of anilines is 1. The number of esters is 1. The second-order valence-corrected chi connectivity index (χ2v) is 6.80. The molecule has 1 N–H and O–H groups in total. The fraction of sp³-hybridized carbons (Fsp3) is 0.250. The van der Waals surface area contributed by atoms with Gasteiger partial charge in [0.05, 0.1) is 28.3 Å². The molecule has 0 unspecified atom stereocenters. The number of halogens is 1. The van der Waals surface area contributed by atoms with Crippen LogP contribution in [0.1, 0.15) is 36.7 Å². The lowest BCUT2D eigenvalue weighted by Crippen LogP contribution is -2.17. The van der Waals surface area contributed by atoms with Crippen LogP contribution in [0.4, 0.5) is 5.69 Å². The third-order valence-electron chi connectivity index (χ3n) is 3.55. The molecule has 2 aromatic rings. The van der Waals surface area contributed by atoms with Crippen LogP contribution in [0.3, 0.4) is 0 Å². The number of hydrogen-bond donors (Lipinski definition) is 1. The van der Waals surface area contributed by atoms with Gasteiger partial charge in [0.15, 0.2) is 11.5 Å². The maximum Gasteiger partial charge on any atom is 0.343 e. The molecule has 2 aromatic carbocycles. The van der Waals surface area contributed by atoms with Crippen LogP contribution in [-0.4, -0.2) is 18.5 Å². The van der Waals surface area contributed by atoms with Gasteiger partial charge in [-0.25, -0.2) is 4.79 Å².